The van der Waals surface area contributed by atoms with Gasteiger partial charge in [0.15, 0.2) is 0 Å². The standard InChI is InChI=1S/C28H38N2O6/c1-27(2,18-28(3,4)26(32)30-33)24-25(31)29-21-10-6-7-12-23(21)36-22(11-8-9-17-35-24)19-13-15-20(34-5)16-14-19/h6-7,10,12-16,22,24,33H,8-9,11,17-18H2,1-5H3,(H,29,31)(H,30,32). The van der Waals surface area contributed by atoms with Gasteiger partial charge in [0, 0.05) is 17.4 Å². The summed E-state index contributed by atoms with van der Waals surface area (Å²) >= 11 is 0. The second kappa shape index (κ2) is 11.8. The molecule has 0 aliphatic carbocycles. The molecule has 2 unspecified atom stereocenters. The third kappa shape index (κ3) is 6.77. The molecule has 2 aromatic rings. The van der Waals surface area contributed by atoms with Crippen LogP contribution < -0.4 is 20.3 Å². The summed E-state index contributed by atoms with van der Waals surface area (Å²) in [6.45, 7) is 7.66. The predicted molar refractivity (Wildman–Crippen MR) is 137 cm³/mol. The van der Waals surface area contributed by atoms with Gasteiger partial charge in [-0.05, 0) is 55.5 Å². The van der Waals surface area contributed by atoms with Crippen molar-refractivity contribution in [1.82, 2.24) is 5.48 Å². The van der Waals surface area contributed by atoms with Crippen molar-refractivity contribution in [2.75, 3.05) is 19.0 Å². The number of carbonyl (C=O) groups excluding carboxylic acids is 2. The largest absolute Gasteiger partial charge is 0.497 e. The number of benzene rings is 2. The first-order valence-corrected chi connectivity index (χ1v) is 12.3. The Hall–Kier alpha value is -3.10. The number of ether oxygens (including phenoxy) is 3. The molecule has 0 spiro atoms. The van der Waals surface area contributed by atoms with E-state index in [1.54, 1.807) is 32.5 Å². The highest BCUT2D eigenvalue weighted by Gasteiger charge is 2.43. The first-order chi connectivity index (χ1) is 17.1. The summed E-state index contributed by atoms with van der Waals surface area (Å²) in [6, 6.07) is 15.2. The number of carbonyl (C=O) groups is 2. The van der Waals surface area contributed by atoms with Crippen LogP contribution in [-0.4, -0.2) is 36.8 Å². The van der Waals surface area contributed by atoms with Crippen molar-refractivity contribution in [1.29, 1.82) is 0 Å². The highest BCUT2D eigenvalue weighted by molar-refractivity contribution is 5.96. The van der Waals surface area contributed by atoms with Crippen molar-refractivity contribution >= 4 is 17.5 Å². The Morgan fingerprint density at radius 2 is 1.81 bits per heavy atom. The van der Waals surface area contributed by atoms with Gasteiger partial charge in [-0.1, -0.05) is 52.0 Å². The third-order valence-electron chi connectivity index (χ3n) is 6.61. The zero-order valence-electron chi connectivity index (χ0n) is 21.8. The normalized spacial score (nSPS) is 19.6. The second-order valence-corrected chi connectivity index (χ2v) is 10.6. The van der Waals surface area contributed by atoms with Gasteiger partial charge in [-0.25, -0.2) is 5.48 Å². The second-order valence-electron chi connectivity index (χ2n) is 10.6. The highest BCUT2D eigenvalue weighted by atomic mass is 16.5. The Balaban J connectivity index is 1.88. The molecule has 1 heterocycles. The lowest BCUT2D eigenvalue weighted by Gasteiger charge is -2.38. The van der Waals surface area contributed by atoms with E-state index < -0.39 is 22.8 Å². The molecule has 3 N–H and O–H groups in total. The molecule has 2 aromatic carbocycles. The van der Waals surface area contributed by atoms with E-state index in [4.69, 9.17) is 19.4 Å². The van der Waals surface area contributed by atoms with E-state index >= 15 is 0 Å². The van der Waals surface area contributed by atoms with Crippen LogP contribution >= 0.6 is 0 Å². The molecule has 36 heavy (non-hydrogen) atoms. The van der Waals surface area contributed by atoms with Crippen molar-refractivity contribution in [3.8, 4) is 11.5 Å². The molecular formula is C28H38N2O6. The van der Waals surface area contributed by atoms with Gasteiger partial charge in [0.25, 0.3) is 5.91 Å². The Morgan fingerprint density at radius 3 is 2.47 bits per heavy atom. The van der Waals surface area contributed by atoms with Gasteiger partial charge in [-0.15, -0.1) is 0 Å². The fraction of sp³-hybridized carbons (Fsp3) is 0.500. The van der Waals surface area contributed by atoms with Gasteiger partial charge in [-0.2, -0.15) is 0 Å². The summed E-state index contributed by atoms with van der Waals surface area (Å²) < 4.78 is 17.9. The topological polar surface area (TPSA) is 106 Å². The SMILES string of the molecule is COc1ccc(C2CCCCOC(C(C)(C)CC(C)(C)C(=O)NO)C(=O)Nc3ccccc3O2)cc1. The molecule has 2 atom stereocenters. The summed E-state index contributed by atoms with van der Waals surface area (Å²) in [5.41, 5.74) is 1.70. The molecule has 0 saturated heterocycles. The first kappa shape index (κ1) is 27.5. The van der Waals surface area contributed by atoms with Crippen molar-refractivity contribution in [2.24, 2.45) is 10.8 Å². The number of rotatable bonds is 6. The zero-order valence-corrected chi connectivity index (χ0v) is 21.8. The number of anilines is 1. The van der Waals surface area contributed by atoms with Gasteiger partial charge >= 0.3 is 0 Å². The summed E-state index contributed by atoms with van der Waals surface area (Å²) in [6.07, 6.45) is 1.67. The monoisotopic (exact) mass is 498 g/mol. The zero-order chi connectivity index (χ0) is 26.3. The van der Waals surface area contributed by atoms with Crippen LogP contribution in [-0.2, 0) is 14.3 Å². The minimum atomic E-state index is -0.905. The van der Waals surface area contributed by atoms with Crippen LogP contribution in [0.15, 0.2) is 48.5 Å². The van der Waals surface area contributed by atoms with E-state index in [2.05, 4.69) is 5.32 Å². The molecule has 8 heteroatoms. The fourth-order valence-corrected chi connectivity index (χ4v) is 4.89. The van der Waals surface area contributed by atoms with Crippen molar-refractivity contribution in [3.63, 3.8) is 0 Å². The number of hydrogen-bond donors (Lipinski definition) is 3. The number of amides is 2. The van der Waals surface area contributed by atoms with Crippen LogP contribution in [0.1, 0.15) is 65.0 Å². The van der Waals surface area contributed by atoms with Gasteiger partial charge in [0.2, 0.25) is 5.91 Å². The average molecular weight is 499 g/mol. The number of methoxy groups -OCH3 is 1. The molecule has 2 amide bonds. The van der Waals surface area contributed by atoms with E-state index in [0.717, 1.165) is 30.6 Å². The van der Waals surface area contributed by atoms with Crippen LogP contribution in [0.4, 0.5) is 5.69 Å². The van der Waals surface area contributed by atoms with E-state index in [1.165, 1.54) is 0 Å². The molecule has 196 valence electrons. The van der Waals surface area contributed by atoms with Gasteiger partial charge in [0.05, 0.1) is 12.8 Å². The Labute approximate surface area is 213 Å². The maximum atomic E-state index is 13.5. The molecule has 3 rings (SSSR count). The Kier molecular flexibility index (Phi) is 8.98. The minimum Gasteiger partial charge on any atom is -0.497 e. The average Bonchev–Trinajstić information content (AvgIpc) is 2.84. The fourth-order valence-electron chi connectivity index (χ4n) is 4.89. The molecule has 8 nitrogen and oxygen atoms in total. The van der Waals surface area contributed by atoms with Crippen molar-refractivity contribution in [2.45, 2.75) is 65.6 Å². The lowest BCUT2D eigenvalue weighted by Crippen LogP contribution is -2.47. The van der Waals surface area contributed by atoms with Gasteiger partial charge in [0.1, 0.15) is 23.7 Å². The number of hydrogen-bond acceptors (Lipinski definition) is 6. The Morgan fingerprint density at radius 1 is 1.11 bits per heavy atom. The molecule has 0 radical (unpaired) electrons. The molecular weight excluding hydrogens is 460 g/mol. The summed E-state index contributed by atoms with van der Waals surface area (Å²) in [4.78, 5) is 25.7. The van der Waals surface area contributed by atoms with Crippen molar-refractivity contribution < 1.29 is 29.0 Å². The lowest BCUT2D eigenvalue weighted by molar-refractivity contribution is -0.146. The quantitative estimate of drug-likeness (QED) is 0.370. The van der Waals surface area contributed by atoms with Crippen LogP contribution in [0, 0.1) is 10.8 Å². The number of para-hydroxylation sites is 2. The molecule has 1 aliphatic rings. The molecule has 0 saturated carbocycles. The summed E-state index contributed by atoms with van der Waals surface area (Å²) in [7, 11) is 1.64. The van der Waals surface area contributed by atoms with E-state index in [-0.39, 0.29) is 12.0 Å². The van der Waals surface area contributed by atoms with Crippen LogP contribution in [0.25, 0.3) is 0 Å². The van der Waals surface area contributed by atoms with E-state index in [0.29, 0.717) is 24.5 Å². The van der Waals surface area contributed by atoms with Gasteiger partial charge in [-0.3, -0.25) is 14.8 Å². The molecule has 0 fully saturated rings. The third-order valence-corrected chi connectivity index (χ3v) is 6.61. The maximum absolute atomic E-state index is 13.5. The lowest BCUT2D eigenvalue weighted by atomic mass is 9.71. The first-order valence-electron chi connectivity index (χ1n) is 12.3. The van der Waals surface area contributed by atoms with Gasteiger partial charge < -0.3 is 19.5 Å². The Bertz CT molecular complexity index is 1030. The van der Waals surface area contributed by atoms with Crippen LogP contribution in [0.3, 0.4) is 0 Å². The number of fused-ring (bicyclic) bond motifs is 1. The maximum Gasteiger partial charge on any atom is 0.254 e. The number of hydroxylamine groups is 1. The highest BCUT2D eigenvalue weighted by Crippen LogP contribution is 2.39. The van der Waals surface area contributed by atoms with Crippen LogP contribution in [0.2, 0.25) is 0 Å². The van der Waals surface area contributed by atoms with E-state index in [9.17, 15) is 9.59 Å². The summed E-state index contributed by atoms with van der Waals surface area (Å²) in [5.74, 6) is 0.537. The minimum absolute atomic E-state index is 0.196. The molecule has 0 aromatic heterocycles. The van der Waals surface area contributed by atoms with Crippen molar-refractivity contribution in [3.05, 3.63) is 54.1 Å². The van der Waals surface area contributed by atoms with E-state index in [1.807, 2.05) is 56.3 Å². The summed E-state index contributed by atoms with van der Waals surface area (Å²) in [5, 5.41) is 12.1. The smallest absolute Gasteiger partial charge is 0.254 e. The molecule has 0 bridgehead atoms. The van der Waals surface area contributed by atoms with Crippen LogP contribution in [0.5, 0.6) is 11.5 Å². The predicted octanol–water partition coefficient (Wildman–Crippen LogP) is 5.27. The molecule has 1 aliphatic heterocycles. The number of nitrogens with one attached hydrogen (secondary N) is 2.